The third-order valence-corrected chi connectivity index (χ3v) is 1.67. The molecule has 0 unspecified atom stereocenters. The van der Waals surface area contributed by atoms with Gasteiger partial charge in [0.2, 0.25) is 5.91 Å². The molecule has 0 aromatic carbocycles. The lowest BCUT2D eigenvalue weighted by Gasteiger charge is -2.03. The van der Waals surface area contributed by atoms with Crippen molar-refractivity contribution in [3.63, 3.8) is 0 Å². The molecule has 13 heavy (non-hydrogen) atoms. The predicted octanol–water partition coefficient (Wildman–Crippen LogP) is -1.13. The second-order valence-corrected chi connectivity index (χ2v) is 2.51. The van der Waals surface area contributed by atoms with Gasteiger partial charge in [0.25, 0.3) is 0 Å². The van der Waals surface area contributed by atoms with Gasteiger partial charge in [-0.05, 0) is 6.92 Å². The summed E-state index contributed by atoms with van der Waals surface area (Å²) in [5.74, 6) is 0.551. The molecule has 6 nitrogen and oxygen atoms in total. The van der Waals surface area contributed by atoms with E-state index in [0.717, 1.165) is 12.4 Å². The maximum Gasteiger partial charge on any atom is 0.234 e. The summed E-state index contributed by atoms with van der Waals surface area (Å²) in [6.07, 6.45) is 1.63. The van der Waals surface area contributed by atoms with Gasteiger partial charge in [-0.1, -0.05) is 0 Å². The van der Waals surface area contributed by atoms with E-state index < -0.39 is 0 Å². The molecule has 3 N–H and O–H groups in total. The number of rotatable bonds is 4. The maximum atomic E-state index is 10.8. The van der Waals surface area contributed by atoms with Gasteiger partial charge in [-0.15, -0.1) is 10.2 Å². The summed E-state index contributed by atoms with van der Waals surface area (Å²) in [5.41, 5.74) is 5.13. The van der Waals surface area contributed by atoms with Crippen LogP contribution in [0.3, 0.4) is 0 Å². The van der Waals surface area contributed by atoms with Gasteiger partial charge in [-0.25, -0.2) is 0 Å². The van der Waals surface area contributed by atoms with Gasteiger partial charge < -0.3 is 15.6 Å². The third kappa shape index (κ3) is 2.51. The van der Waals surface area contributed by atoms with E-state index in [0.29, 0.717) is 6.54 Å². The van der Waals surface area contributed by atoms with E-state index in [-0.39, 0.29) is 12.5 Å². The number of aromatic nitrogens is 3. The first-order chi connectivity index (χ1) is 6.27. The summed E-state index contributed by atoms with van der Waals surface area (Å²) < 4.78 is 1.86. The Hall–Kier alpha value is -1.43. The molecule has 1 amide bonds. The maximum absolute atomic E-state index is 10.8. The van der Waals surface area contributed by atoms with Crippen molar-refractivity contribution in [3.05, 3.63) is 12.2 Å². The van der Waals surface area contributed by atoms with Crippen LogP contribution in [-0.4, -0.2) is 27.2 Å². The molecular formula is C7H13N5O. The molecular weight excluding hydrogens is 170 g/mol. The van der Waals surface area contributed by atoms with Gasteiger partial charge in [0, 0.05) is 6.54 Å². The minimum atomic E-state index is -0.189. The molecule has 1 aromatic rings. The van der Waals surface area contributed by atoms with Crippen LogP contribution in [0.5, 0.6) is 0 Å². The number of nitrogens with zero attached hydrogens (tertiary/aromatic N) is 3. The summed E-state index contributed by atoms with van der Waals surface area (Å²) in [4.78, 5) is 10.8. The smallest absolute Gasteiger partial charge is 0.234 e. The molecule has 0 saturated carbocycles. The Bertz CT molecular complexity index is 282. The summed E-state index contributed by atoms with van der Waals surface area (Å²) in [6, 6.07) is 0. The topological polar surface area (TPSA) is 85.8 Å². The van der Waals surface area contributed by atoms with Crippen LogP contribution in [0.1, 0.15) is 12.7 Å². The van der Waals surface area contributed by atoms with Crippen LogP contribution >= 0.6 is 0 Å². The number of amides is 1. The lowest BCUT2D eigenvalue weighted by Crippen LogP contribution is -2.30. The van der Waals surface area contributed by atoms with Gasteiger partial charge in [0.1, 0.15) is 6.33 Å². The van der Waals surface area contributed by atoms with Crippen LogP contribution in [0.25, 0.3) is 0 Å². The lowest BCUT2D eigenvalue weighted by atomic mass is 10.5. The summed E-state index contributed by atoms with van der Waals surface area (Å²) in [5, 5.41) is 10.2. The van der Waals surface area contributed by atoms with Crippen LogP contribution in [0.15, 0.2) is 6.33 Å². The average molecular weight is 183 g/mol. The van der Waals surface area contributed by atoms with Gasteiger partial charge in [0.05, 0.1) is 13.1 Å². The van der Waals surface area contributed by atoms with Gasteiger partial charge in [0.15, 0.2) is 5.82 Å². The molecule has 1 rings (SSSR count). The highest BCUT2D eigenvalue weighted by Crippen LogP contribution is 1.93. The Kier molecular flexibility index (Phi) is 3.39. The Morgan fingerprint density at radius 2 is 2.54 bits per heavy atom. The van der Waals surface area contributed by atoms with E-state index in [1.807, 2.05) is 11.5 Å². The molecule has 0 fully saturated rings. The summed E-state index contributed by atoms with van der Waals surface area (Å²) in [7, 11) is 0. The molecule has 0 aliphatic rings. The Morgan fingerprint density at radius 3 is 3.15 bits per heavy atom. The number of hydrogen-bond donors (Lipinski definition) is 2. The third-order valence-electron chi connectivity index (χ3n) is 1.67. The quantitative estimate of drug-likeness (QED) is 0.618. The molecule has 0 saturated heterocycles. The molecule has 0 radical (unpaired) electrons. The minimum Gasteiger partial charge on any atom is -0.348 e. The van der Waals surface area contributed by atoms with Crippen LogP contribution < -0.4 is 11.1 Å². The molecule has 0 spiro atoms. The normalized spacial score (nSPS) is 10.0. The SMILES string of the molecule is CCn1cnnc1CNC(=O)CN. The van der Waals surface area contributed by atoms with E-state index >= 15 is 0 Å². The zero-order chi connectivity index (χ0) is 9.68. The molecule has 1 aromatic heterocycles. The molecule has 0 aliphatic carbocycles. The van der Waals surface area contributed by atoms with E-state index in [9.17, 15) is 4.79 Å². The molecule has 72 valence electrons. The van der Waals surface area contributed by atoms with Gasteiger partial charge in [-0.3, -0.25) is 4.79 Å². The fraction of sp³-hybridized carbons (Fsp3) is 0.571. The lowest BCUT2D eigenvalue weighted by molar-refractivity contribution is -0.119. The first-order valence-electron chi connectivity index (χ1n) is 4.11. The fourth-order valence-corrected chi connectivity index (χ4v) is 0.930. The fourth-order valence-electron chi connectivity index (χ4n) is 0.930. The second-order valence-electron chi connectivity index (χ2n) is 2.51. The van der Waals surface area contributed by atoms with Crippen LogP contribution in [0.4, 0.5) is 0 Å². The first kappa shape index (κ1) is 9.66. The number of carbonyl (C=O) groups excluding carboxylic acids is 1. The van der Waals surface area contributed by atoms with E-state index in [1.54, 1.807) is 6.33 Å². The van der Waals surface area contributed by atoms with Crippen LogP contribution in [0, 0.1) is 0 Å². The molecule has 6 heteroatoms. The van der Waals surface area contributed by atoms with E-state index in [2.05, 4.69) is 15.5 Å². The van der Waals surface area contributed by atoms with Crippen molar-refractivity contribution < 1.29 is 4.79 Å². The van der Waals surface area contributed by atoms with Crippen molar-refractivity contribution in [2.45, 2.75) is 20.0 Å². The van der Waals surface area contributed by atoms with Crippen LogP contribution in [-0.2, 0) is 17.9 Å². The van der Waals surface area contributed by atoms with Crippen molar-refractivity contribution >= 4 is 5.91 Å². The highest BCUT2D eigenvalue weighted by Gasteiger charge is 2.03. The monoisotopic (exact) mass is 183 g/mol. The average Bonchev–Trinajstić information content (AvgIpc) is 2.61. The summed E-state index contributed by atoms with van der Waals surface area (Å²) >= 11 is 0. The van der Waals surface area contributed by atoms with Gasteiger partial charge in [-0.2, -0.15) is 0 Å². The number of nitrogens with one attached hydrogen (secondary N) is 1. The minimum absolute atomic E-state index is 0.000260. The number of hydrogen-bond acceptors (Lipinski definition) is 4. The molecule has 1 heterocycles. The standard InChI is InChI=1S/C7H13N5O/c1-2-12-5-10-11-6(12)4-9-7(13)3-8/h5H,2-4,8H2,1H3,(H,9,13). The summed E-state index contributed by atoms with van der Waals surface area (Å²) in [6.45, 7) is 3.16. The van der Waals surface area contributed by atoms with Crippen molar-refractivity contribution in [1.29, 1.82) is 0 Å². The first-order valence-corrected chi connectivity index (χ1v) is 4.11. The Morgan fingerprint density at radius 1 is 1.77 bits per heavy atom. The predicted molar refractivity (Wildman–Crippen MR) is 46.6 cm³/mol. The zero-order valence-corrected chi connectivity index (χ0v) is 7.53. The number of aryl methyl sites for hydroxylation is 1. The van der Waals surface area contributed by atoms with Crippen molar-refractivity contribution in [1.82, 2.24) is 20.1 Å². The molecule has 0 aliphatic heterocycles. The highest BCUT2D eigenvalue weighted by molar-refractivity contribution is 5.77. The Labute approximate surface area is 76.1 Å². The number of carbonyl (C=O) groups is 1. The van der Waals surface area contributed by atoms with E-state index in [1.165, 1.54) is 0 Å². The Balaban J connectivity index is 2.49. The van der Waals surface area contributed by atoms with Crippen molar-refractivity contribution in [3.8, 4) is 0 Å². The second kappa shape index (κ2) is 4.56. The van der Waals surface area contributed by atoms with E-state index in [4.69, 9.17) is 5.73 Å². The van der Waals surface area contributed by atoms with Gasteiger partial charge >= 0.3 is 0 Å². The zero-order valence-electron chi connectivity index (χ0n) is 7.53. The highest BCUT2D eigenvalue weighted by atomic mass is 16.1. The van der Waals surface area contributed by atoms with Crippen molar-refractivity contribution in [2.24, 2.45) is 5.73 Å². The molecule has 0 bridgehead atoms. The molecule has 0 atom stereocenters. The van der Waals surface area contributed by atoms with Crippen LogP contribution in [0.2, 0.25) is 0 Å². The number of nitrogens with two attached hydrogens (primary N) is 1. The largest absolute Gasteiger partial charge is 0.348 e. The van der Waals surface area contributed by atoms with Crippen molar-refractivity contribution in [2.75, 3.05) is 6.54 Å².